The maximum Gasteiger partial charge on any atom is 0.228 e. The molecule has 0 aromatic heterocycles. The molecular weight excluding hydrogens is 366 g/mol. The van der Waals surface area contributed by atoms with E-state index in [1.54, 1.807) is 0 Å². The molecule has 1 N–H and O–H groups in total. The van der Waals surface area contributed by atoms with Crippen molar-refractivity contribution in [2.45, 2.75) is 79.1 Å². The summed E-state index contributed by atoms with van der Waals surface area (Å²) in [5, 5.41) is 3.08. The highest BCUT2D eigenvalue weighted by atomic mass is 28.3. The Balaban J connectivity index is 1.96. The number of aryl methyl sites for hydroxylation is 2. The predicted molar refractivity (Wildman–Crippen MR) is 115 cm³/mol. The van der Waals surface area contributed by atoms with Crippen LogP contribution in [0.1, 0.15) is 61.2 Å². The minimum Gasteiger partial charge on any atom is -0.414 e. The summed E-state index contributed by atoms with van der Waals surface area (Å²) in [6.45, 7) is 16.9. The number of carbonyl (C=O) groups is 2. The maximum absolute atomic E-state index is 13.4. The molecule has 1 aromatic carbocycles. The summed E-state index contributed by atoms with van der Waals surface area (Å²) in [6, 6.07) is 4.02. The van der Waals surface area contributed by atoms with E-state index in [0.717, 1.165) is 24.0 Å². The lowest BCUT2D eigenvalue weighted by Gasteiger charge is -2.56. The van der Waals surface area contributed by atoms with Crippen molar-refractivity contribution < 1.29 is 14.0 Å². The summed E-state index contributed by atoms with van der Waals surface area (Å²) in [5.74, 6) is -0.253. The lowest BCUT2D eigenvalue weighted by atomic mass is 9.60. The van der Waals surface area contributed by atoms with Gasteiger partial charge in [-0.25, -0.2) is 0 Å². The quantitative estimate of drug-likeness (QED) is 0.613. The molecule has 4 nitrogen and oxygen atoms in total. The molecule has 1 aliphatic carbocycles. The van der Waals surface area contributed by atoms with E-state index in [-0.39, 0.29) is 35.0 Å². The molecule has 1 aromatic rings. The molecule has 1 heterocycles. The van der Waals surface area contributed by atoms with Gasteiger partial charge in [0.15, 0.2) is 14.8 Å². The Morgan fingerprint density at radius 1 is 1.11 bits per heavy atom. The zero-order valence-electron chi connectivity index (χ0n) is 18.6. The molecule has 0 bridgehead atoms. The first-order chi connectivity index (χ1) is 12.9. The van der Waals surface area contributed by atoms with Crippen molar-refractivity contribution in [3.63, 3.8) is 0 Å². The number of Topliss-reactive ketones (excluding diaryl/α,β-unsaturated/α-hetero) is 1. The van der Waals surface area contributed by atoms with Crippen molar-refractivity contribution in [3.8, 4) is 0 Å². The van der Waals surface area contributed by atoms with Crippen molar-refractivity contribution in [2.24, 2.45) is 17.3 Å². The molecule has 3 rings (SSSR count). The van der Waals surface area contributed by atoms with Gasteiger partial charge in [-0.3, -0.25) is 9.59 Å². The maximum atomic E-state index is 13.4. The normalized spacial score (nSPS) is 27.1. The second kappa shape index (κ2) is 7.10. The summed E-state index contributed by atoms with van der Waals surface area (Å²) >= 11 is 0. The number of rotatable bonds is 4. The van der Waals surface area contributed by atoms with Crippen LogP contribution in [-0.2, 0) is 15.6 Å². The van der Waals surface area contributed by atoms with Crippen LogP contribution < -0.4 is 5.32 Å². The summed E-state index contributed by atoms with van der Waals surface area (Å²) in [4.78, 5) is 26.2. The molecule has 0 unspecified atom stereocenters. The fourth-order valence-electron chi connectivity index (χ4n) is 5.06. The largest absolute Gasteiger partial charge is 0.414 e. The molecule has 28 heavy (non-hydrogen) atoms. The van der Waals surface area contributed by atoms with Crippen molar-refractivity contribution >= 4 is 20.7 Å². The number of benzene rings is 1. The minimum atomic E-state index is -1.38. The molecular formula is C23H35NO3Si. The fraction of sp³-hybridized carbons (Fsp3) is 0.652. The molecule has 1 amide bonds. The van der Waals surface area contributed by atoms with E-state index in [9.17, 15) is 9.59 Å². The third kappa shape index (κ3) is 3.37. The van der Waals surface area contributed by atoms with Crippen molar-refractivity contribution in [2.75, 3.05) is 0 Å². The molecule has 1 saturated heterocycles. The average molecular weight is 402 g/mol. The van der Waals surface area contributed by atoms with Crippen LogP contribution in [0.4, 0.5) is 0 Å². The third-order valence-corrected chi connectivity index (χ3v) is 7.83. The van der Waals surface area contributed by atoms with E-state index in [4.69, 9.17) is 4.43 Å². The Morgan fingerprint density at radius 2 is 1.75 bits per heavy atom. The van der Waals surface area contributed by atoms with Crippen LogP contribution in [0.2, 0.25) is 13.1 Å². The number of β-lactam (4-membered cyclic amide) rings is 1. The van der Waals surface area contributed by atoms with Gasteiger partial charge in [0.1, 0.15) is 0 Å². The highest BCUT2D eigenvalue weighted by Crippen LogP contribution is 2.47. The lowest BCUT2D eigenvalue weighted by molar-refractivity contribution is -0.161. The van der Waals surface area contributed by atoms with Crippen LogP contribution in [-0.4, -0.2) is 32.4 Å². The van der Waals surface area contributed by atoms with E-state index < -0.39 is 14.6 Å². The molecule has 0 spiro atoms. The first kappa shape index (κ1) is 21.3. The van der Waals surface area contributed by atoms with Crippen LogP contribution in [0.15, 0.2) is 12.1 Å². The SMILES string of the molecule is Cc1cc(C)c2c(c1)C(=O)[C@@H]([C@H]1NC(=O)[C@@H]1[C@@](C)(O[SiH](C)C)C(C)(C)C)CC2. The number of hydrogen-bond acceptors (Lipinski definition) is 3. The van der Waals surface area contributed by atoms with Crippen molar-refractivity contribution in [3.05, 3.63) is 34.4 Å². The van der Waals surface area contributed by atoms with Gasteiger partial charge in [0.2, 0.25) is 5.91 Å². The van der Waals surface area contributed by atoms with Crippen LogP contribution in [0.25, 0.3) is 0 Å². The summed E-state index contributed by atoms with van der Waals surface area (Å²) in [6.07, 6.45) is 1.68. The molecule has 2 aliphatic rings. The number of fused-ring (bicyclic) bond motifs is 1. The monoisotopic (exact) mass is 401 g/mol. The van der Waals surface area contributed by atoms with Gasteiger partial charge in [0.05, 0.1) is 17.6 Å². The Hall–Kier alpha value is -1.46. The number of nitrogens with one attached hydrogen (secondary N) is 1. The Labute approximate surface area is 171 Å². The van der Waals surface area contributed by atoms with Crippen molar-refractivity contribution in [1.29, 1.82) is 0 Å². The first-order valence-electron chi connectivity index (χ1n) is 10.5. The van der Waals surface area contributed by atoms with E-state index in [2.05, 4.69) is 59.1 Å². The van der Waals surface area contributed by atoms with Gasteiger partial charge < -0.3 is 9.74 Å². The topological polar surface area (TPSA) is 55.4 Å². The zero-order chi connectivity index (χ0) is 21.0. The highest BCUT2D eigenvalue weighted by molar-refractivity contribution is 6.48. The van der Waals surface area contributed by atoms with E-state index in [1.807, 2.05) is 13.0 Å². The summed E-state index contributed by atoms with van der Waals surface area (Å²) in [5.41, 5.74) is 3.57. The van der Waals surface area contributed by atoms with Gasteiger partial charge in [-0.05, 0) is 69.3 Å². The van der Waals surface area contributed by atoms with Crippen LogP contribution in [0.3, 0.4) is 0 Å². The van der Waals surface area contributed by atoms with Gasteiger partial charge >= 0.3 is 0 Å². The number of carbonyl (C=O) groups excluding carboxylic acids is 2. The summed E-state index contributed by atoms with van der Waals surface area (Å²) in [7, 11) is -1.38. The molecule has 0 saturated carbocycles. The third-order valence-electron chi connectivity index (χ3n) is 6.87. The second-order valence-corrected chi connectivity index (χ2v) is 12.5. The van der Waals surface area contributed by atoms with E-state index in [0.29, 0.717) is 0 Å². The highest BCUT2D eigenvalue weighted by Gasteiger charge is 2.60. The van der Waals surface area contributed by atoms with Crippen LogP contribution >= 0.6 is 0 Å². The van der Waals surface area contributed by atoms with Crippen molar-refractivity contribution in [1.82, 2.24) is 5.32 Å². The van der Waals surface area contributed by atoms with E-state index in [1.165, 1.54) is 11.1 Å². The average Bonchev–Trinajstić information content (AvgIpc) is 2.52. The molecule has 1 fully saturated rings. The van der Waals surface area contributed by atoms with Gasteiger partial charge in [-0.2, -0.15) is 0 Å². The molecule has 1 aliphatic heterocycles. The summed E-state index contributed by atoms with van der Waals surface area (Å²) < 4.78 is 6.51. The molecule has 4 atom stereocenters. The Bertz CT molecular complexity index is 811. The Morgan fingerprint density at radius 3 is 2.29 bits per heavy atom. The second-order valence-electron chi connectivity index (χ2n) is 10.2. The Kier molecular flexibility index (Phi) is 5.39. The smallest absolute Gasteiger partial charge is 0.228 e. The van der Waals surface area contributed by atoms with E-state index >= 15 is 0 Å². The fourth-order valence-corrected chi connectivity index (χ4v) is 6.54. The van der Waals surface area contributed by atoms with Gasteiger partial charge in [-0.15, -0.1) is 0 Å². The van der Waals surface area contributed by atoms with Gasteiger partial charge in [0, 0.05) is 11.5 Å². The minimum absolute atomic E-state index is 0.0242. The van der Waals surface area contributed by atoms with Gasteiger partial charge in [0.25, 0.3) is 0 Å². The van der Waals surface area contributed by atoms with Crippen LogP contribution in [0.5, 0.6) is 0 Å². The number of amides is 1. The zero-order valence-corrected chi connectivity index (χ0v) is 19.8. The lowest BCUT2D eigenvalue weighted by Crippen LogP contribution is -2.73. The van der Waals surface area contributed by atoms with Gasteiger partial charge in [-0.1, -0.05) is 32.4 Å². The number of hydrogen-bond donors (Lipinski definition) is 1. The molecule has 154 valence electrons. The number of ketones is 1. The predicted octanol–water partition coefficient (Wildman–Crippen LogP) is 3.97. The molecule has 5 heteroatoms. The first-order valence-corrected chi connectivity index (χ1v) is 13.3. The molecule has 0 radical (unpaired) electrons. The van der Waals surface area contributed by atoms with Crippen LogP contribution in [0, 0.1) is 31.1 Å². The standard InChI is InChI=1S/C23H35NO3Si/c1-13-11-14(2)15-9-10-16(20(25)17(15)12-13)19-18(21(26)24-19)23(6,22(3,4)5)27-28(7)8/h11-12,16,18-19,28H,9-10H2,1-8H3,(H,24,26)/t16-,18-,19-,23-/m1/s1.